The van der Waals surface area contributed by atoms with E-state index in [1.807, 2.05) is 42.5 Å². The number of fused-ring (bicyclic) bond motifs is 1. The number of rotatable bonds is 6. The Bertz CT molecular complexity index is 1040. The van der Waals surface area contributed by atoms with Gasteiger partial charge in [-0.25, -0.2) is 0 Å². The van der Waals surface area contributed by atoms with Gasteiger partial charge in [-0.1, -0.05) is 68.4 Å². The highest BCUT2D eigenvalue weighted by Gasteiger charge is 2.34. The van der Waals surface area contributed by atoms with Crippen LogP contribution in [0.4, 0.5) is 0 Å². The number of furan rings is 1. The second-order valence-electron chi connectivity index (χ2n) is 8.76. The standard InChI is InChI=1S/C26H28N2O3/c1-26(2)15-14-21(19-11-6-7-12-20(19)26)27-24(29)22(17-18-9-4-3-5-10-18)28-25(30)23-13-8-16-31-23/h3-13,16,21-22H,14-15,17H2,1-2H3,(H,27,29)(H,28,30). The zero-order valence-electron chi connectivity index (χ0n) is 17.9. The van der Waals surface area contributed by atoms with E-state index < -0.39 is 11.9 Å². The molecule has 5 heteroatoms. The Morgan fingerprint density at radius 2 is 1.77 bits per heavy atom. The molecule has 0 bridgehead atoms. The second-order valence-corrected chi connectivity index (χ2v) is 8.76. The fourth-order valence-electron chi connectivity index (χ4n) is 4.33. The molecule has 0 saturated carbocycles. The zero-order valence-corrected chi connectivity index (χ0v) is 17.9. The first kappa shape index (κ1) is 20.9. The van der Waals surface area contributed by atoms with Gasteiger partial charge in [0.1, 0.15) is 6.04 Å². The summed E-state index contributed by atoms with van der Waals surface area (Å²) in [6.07, 6.45) is 3.69. The van der Waals surface area contributed by atoms with Crippen molar-refractivity contribution in [1.82, 2.24) is 10.6 Å². The minimum Gasteiger partial charge on any atom is -0.459 e. The van der Waals surface area contributed by atoms with Crippen molar-refractivity contribution in [3.63, 3.8) is 0 Å². The fraction of sp³-hybridized carbons (Fsp3) is 0.308. The lowest BCUT2D eigenvalue weighted by Gasteiger charge is -2.37. The van der Waals surface area contributed by atoms with Gasteiger partial charge in [0.25, 0.3) is 5.91 Å². The van der Waals surface area contributed by atoms with Gasteiger partial charge in [-0.3, -0.25) is 9.59 Å². The molecule has 1 aliphatic carbocycles. The van der Waals surface area contributed by atoms with Crippen molar-refractivity contribution < 1.29 is 14.0 Å². The summed E-state index contributed by atoms with van der Waals surface area (Å²) in [7, 11) is 0. The molecule has 1 aromatic heterocycles. The first-order chi connectivity index (χ1) is 14.9. The van der Waals surface area contributed by atoms with Gasteiger partial charge >= 0.3 is 0 Å². The highest BCUT2D eigenvalue weighted by molar-refractivity contribution is 5.95. The van der Waals surface area contributed by atoms with Crippen LogP contribution < -0.4 is 10.6 Å². The number of nitrogens with one attached hydrogen (secondary N) is 2. The van der Waals surface area contributed by atoms with E-state index in [9.17, 15) is 9.59 Å². The van der Waals surface area contributed by atoms with E-state index in [0.29, 0.717) is 6.42 Å². The Kier molecular flexibility index (Phi) is 5.94. The highest BCUT2D eigenvalue weighted by atomic mass is 16.3. The van der Waals surface area contributed by atoms with Gasteiger partial charge in [0.15, 0.2) is 5.76 Å². The molecule has 31 heavy (non-hydrogen) atoms. The van der Waals surface area contributed by atoms with Gasteiger partial charge < -0.3 is 15.1 Å². The number of benzene rings is 2. The van der Waals surface area contributed by atoms with Crippen LogP contribution in [0.25, 0.3) is 0 Å². The fourth-order valence-corrected chi connectivity index (χ4v) is 4.33. The Balaban J connectivity index is 1.55. The predicted octanol–water partition coefficient (Wildman–Crippen LogP) is 4.55. The Hall–Kier alpha value is -3.34. The van der Waals surface area contributed by atoms with Crippen molar-refractivity contribution in [1.29, 1.82) is 0 Å². The van der Waals surface area contributed by atoms with E-state index in [-0.39, 0.29) is 23.1 Å². The summed E-state index contributed by atoms with van der Waals surface area (Å²) < 4.78 is 5.20. The van der Waals surface area contributed by atoms with Crippen LogP contribution in [-0.2, 0) is 16.6 Å². The normalized spacial score (nSPS) is 17.9. The largest absolute Gasteiger partial charge is 0.459 e. The molecule has 4 rings (SSSR count). The summed E-state index contributed by atoms with van der Waals surface area (Å²) in [5.41, 5.74) is 3.48. The van der Waals surface area contributed by atoms with E-state index in [1.165, 1.54) is 11.8 Å². The van der Waals surface area contributed by atoms with Crippen molar-refractivity contribution >= 4 is 11.8 Å². The molecule has 2 N–H and O–H groups in total. The van der Waals surface area contributed by atoms with E-state index in [1.54, 1.807) is 12.1 Å². The van der Waals surface area contributed by atoms with Crippen molar-refractivity contribution in [3.8, 4) is 0 Å². The van der Waals surface area contributed by atoms with Gasteiger partial charge in [0, 0.05) is 6.42 Å². The number of carbonyl (C=O) groups is 2. The first-order valence-corrected chi connectivity index (χ1v) is 10.7. The Morgan fingerprint density at radius 3 is 2.52 bits per heavy atom. The van der Waals surface area contributed by atoms with Crippen molar-refractivity contribution in [2.45, 2.75) is 50.6 Å². The zero-order chi connectivity index (χ0) is 21.8. The average molecular weight is 417 g/mol. The van der Waals surface area contributed by atoms with Crippen molar-refractivity contribution in [2.24, 2.45) is 0 Å². The molecular weight excluding hydrogens is 388 g/mol. The third kappa shape index (κ3) is 4.71. The van der Waals surface area contributed by atoms with Gasteiger partial charge in [-0.05, 0) is 47.1 Å². The first-order valence-electron chi connectivity index (χ1n) is 10.7. The molecule has 3 aromatic rings. The molecule has 2 atom stereocenters. The maximum absolute atomic E-state index is 13.3. The van der Waals surface area contributed by atoms with E-state index in [2.05, 4.69) is 36.6 Å². The lowest BCUT2D eigenvalue weighted by molar-refractivity contribution is -0.123. The highest BCUT2D eigenvalue weighted by Crippen LogP contribution is 2.41. The van der Waals surface area contributed by atoms with Crippen LogP contribution in [0, 0.1) is 0 Å². The predicted molar refractivity (Wildman–Crippen MR) is 120 cm³/mol. The van der Waals surface area contributed by atoms with Crippen molar-refractivity contribution in [3.05, 3.63) is 95.4 Å². The molecule has 0 aliphatic heterocycles. The van der Waals surface area contributed by atoms with Gasteiger partial charge in [-0.15, -0.1) is 0 Å². The minimum absolute atomic E-state index is 0.0736. The van der Waals surface area contributed by atoms with Crippen LogP contribution in [0.5, 0.6) is 0 Å². The third-order valence-electron chi connectivity index (χ3n) is 6.09. The summed E-state index contributed by atoms with van der Waals surface area (Å²) in [6.45, 7) is 4.48. The number of hydrogen-bond donors (Lipinski definition) is 2. The van der Waals surface area contributed by atoms with Gasteiger partial charge in [-0.2, -0.15) is 0 Å². The lowest BCUT2D eigenvalue weighted by atomic mass is 9.71. The monoisotopic (exact) mass is 416 g/mol. The van der Waals surface area contributed by atoms with Crippen LogP contribution in [-0.4, -0.2) is 17.9 Å². The quantitative estimate of drug-likeness (QED) is 0.619. The summed E-state index contributed by atoms with van der Waals surface area (Å²) in [6, 6.07) is 20.5. The molecule has 0 saturated heterocycles. The van der Waals surface area contributed by atoms with Crippen LogP contribution in [0.3, 0.4) is 0 Å². The van der Waals surface area contributed by atoms with E-state index in [4.69, 9.17) is 4.42 Å². The molecule has 0 fully saturated rings. The average Bonchev–Trinajstić information content (AvgIpc) is 3.31. The summed E-state index contributed by atoms with van der Waals surface area (Å²) in [5.74, 6) is -0.398. The lowest BCUT2D eigenvalue weighted by Crippen LogP contribution is -2.49. The number of amides is 2. The molecule has 1 heterocycles. The summed E-state index contributed by atoms with van der Waals surface area (Å²) in [4.78, 5) is 25.9. The van der Waals surface area contributed by atoms with Crippen LogP contribution >= 0.6 is 0 Å². The van der Waals surface area contributed by atoms with E-state index >= 15 is 0 Å². The molecule has 0 spiro atoms. The molecule has 0 radical (unpaired) electrons. The topological polar surface area (TPSA) is 71.3 Å². The Morgan fingerprint density at radius 1 is 1.03 bits per heavy atom. The molecule has 2 aromatic carbocycles. The summed E-state index contributed by atoms with van der Waals surface area (Å²) in [5, 5.41) is 6.05. The molecular formula is C26H28N2O3. The van der Waals surface area contributed by atoms with Crippen LogP contribution in [0.1, 0.15) is 60.0 Å². The minimum atomic E-state index is -0.706. The SMILES string of the molecule is CC1(C)CCC(NC(=O)C(Cc2ccccc2)NC(=O)c2ccco2)c2ccccc21. The number of carbonyl (C=O) groups excluding carboxylic acids is 2. The van der Waals surface area contributed by atoms with Crippen LogP contribution in [0.15, 0.2) is 77.4 Å². The van der Waals surface area contributed by atoms with E-state index in [0.717, 1.165) is 24.0 Å². The molecule has 1 aliphatic rings. The Labute approximate surface area is 182 Å². The molecule has 2 amide bonds. The van der Waals surface area contributed by atoms with Gasteiger partial charge in [0.05, 0.1) is 12.3 Å². The van der Waals surface area contributed by atoms with Crippen LogP contribution in [0.2, 0.25) is 0 Å². The molecule has 160 valence electrons. The maximum Gasteiger partial charge on any atom is 0.287 e. The molecule has 5 nitrogen and oxygen atoms in total. The molecule has 2 unspecified atom stereocenters. The maximum atomic E-state index is 13.3. The van der Waals surface area contributed by atoms with Gasteiger partial charge in [0.2, 0.25) is 5.91 Å². The number of hydrogen-bond acceptors (Lipinski definition) is 3. The second kappa shape index (κ2) is 8.80. The summed E-state index contributed by atoms with van der Waals surface area (Å²) >= 11 is 0. The third-order valence-corrected chi connectivity index (χ3v) is 6.09. The smallest absolute Gasteiger partial charge is 0.287 e. The van der Waals surface area contributed by atoms with Crippen molar-refractivity contribution in [2.75, 3.05) is 0 Å².